The smallest absolute Gasteiger partial charge is 0.306 e. The van der Waals surface area contributed by atoms with Crippen molar-refractivity contribution in [1.82, 2.24) is 0 Å². The molecule has 0 radical (unpaired) electrons. The van der Waals surface area contributed by atoms with Crippen LogP contribution >= 0.6 is 0 Å². The van der Waals surface area contributed by atoms with E-state index in [4.69, 9.17) is 9.84 Å². The van der Waals surface area contributed by atoms with Crippen molar-refractivity contribution in [3.63, 3.8) is 0 Å². The molecule has 0 saturated carbocycles. The molecule has 0 atom stereocenters. The van der Waals surface area contributed by atoms with Crippen LogP contribution in [-0.4, -0.2) is 17.7 Å². The molecule has 0 amide bonds. The summed E-state index contributed by atoms with van der Waals surface area (Å²) in [6, 6.07) is 2.75. The van der Waals surface area contributed by atoms with E-state index in [0.717, 1.165) is 18.2 Å². The SMILES string of the molecule is O=C(O)CCOc1cc(F)ccc1F. The van der Waals surface area contributed by atoms with Gasteiger partial charge in [0.05, 0.1) is 13.0 Å². The molecular formula is C9H8F2O3. The zero-order valence-corrected chi connectivity index (χ0v) is 7.17. The Morgan fingerprint density at radius 2 is 2.14 bits per heavy atom. The monoisotopic (exact) mass is 202 g/mol. The fourth-order valence-corrected chi connectivity index (χ4v) is 0.836. The number of carboxylic acids is 1. The Labute approximate surface area is 78.9 Å². The van der Waals surface area contributed by atoms with Gasteiger partial charge >= 0.3 is 5.97 Å². The van der Waals surface area contributed by atoms with Gasteiger partial charge in [0.2, 0.25) is 0 Å². The van der Waals surface area contributed by atoms with Gasteiger partial charge in [-0.15, -0.1) is 0 Å². The molecule has 0 aliphatic rings. The average molecular weight is 202 g/mol. The van der Waals surface area contributed by atoms with E-state index < -0.39 is 17.6 Å². The lowest BCUT2D eigenvalue weighted by atomic mass is 10.3. The van der Waals surface area contributed by atoms with Crippen molar-refractivity contribution in [3.8, 4) is 5.75 Å². The van der Waals surface area contributed by atoms with E-state index in [2.05, 4.69) is 0 Å². The quantitative estimate of drug-likeness (QED) is 0.809. The number of aliphatic carboxylic acids is 1. The van der Waals surface area contributed by atoms with Crippen LogP contribution in [-0.2, 0) is 4.79 Å². The number of hydrogen-bond donors (Lipinski definition) is 1. The minimum atomic E-state index is -1.05. The number of ether oxygens (including phenoxy) is 1. The third kappa shape index (κ3) is 3.01. The van der Waals surface area contributed by atoms with Gasteiger partial charge in [-0.1, -0.05) is 0 Å². The van der Waals surface area contributed by atoms with Crippen LogP contribution in [0.15, 0.2) is 18.2 Å². The Balaban J connectivity index is 2.57. The van der Waals surface area contributed by atoms with E-state index in [9.17, 15) is 13.6 Å². The molecule has 0 unspecified atom stereocenters. The van der Waals surface area contributed by atoms with Crippen LogP contribution in [0.4, 0.5) is 8.78 Å². The lowest BCUT2D eigenvalue weighted by Gasteiger charge is -2.05. The van der Waals surface area contributed by atoms with Crippen LogP contribution < -0.4 is 4.74 Å². The summed E-state index contributed by atoms with van der Waals surface area (Å²) in [6.45, 7) is -0.185. The lowest BCUT2D eigenvalue weighted by Crippen LogP contribution is -2.05. The first kappa shape index (κ1) is 10.4. The maximum atomic E-state index is 12.9. The molecule has 1 aromatic rings. The highest BCUT2D eigenvalue weighted by atomic mass is 19.1. The number of hydrogen-bond acceptors (Lipinski definition) is 2. The summed E-state index contributed by atoms with van der Waals surface area (Å²) in [7, 11) is 0. The highest BCUT2D eigenvalue weighted by molar-refractivity contribution is 5.66. The second kappa shape index (κ2) is 4.55. The lowest BCUT2D eigenvalue weighted by molar-refractivity contribution is -0.137. The highest BCUT2D eigenvalue weighted by Gasteiger charge is 2.05. The van der Waals surface area contributed by atoms with Crippen molar-refractivity contribution in [3.05, 3.63) is 29.8 Å². The Hall–Kier alpha value is -1.65. The predicted octanol–water partition coefficient (Wildman–Crippen LogP) is 1.82. The first-order valence-corrected chi connectivity index (χ1v) is 3.89. The van der Waals surface area contributed by atoms with E-state index >= 15 is 0 Å². The van der Waals surface area contributed by atoms with Crippen LogP contribution in [0, 0.1) is 11.6 Å². The summed E-state index contributed by atoms with van der Waals surface area (Å²) in [5.74, 6) is -2.67. The van der Waals surface area contributed by atoms with Crippen LogP contribution in [0.2, 0.25) is 0 Å². The number of carbonyl (C=O) groups is 1. The van der Waals surface area contributed by atoms with E-state index in [1.807, 2.05) is 0 Å². The third-order valence-corrected chi connectivity index (χ3v) is 1.47. The summed E-state index contributed by atoms with van der Waals surface area (Å²) >= 11 is 0. The average Bonchev–Trinajstić information content (AvgIpc) is 2.10. The van der Waals surface area contributed by atoms with Gasteiger partial charge in [-0.3, -0.25) is 4.79 Å². The predicted molar refractivity (Wildman–Crippen MR) is 44.1 cm³/mol. The molecule has 14 heavy (non-hydrogen) atoms. The molecule has 5 heteroatoms. The molecule has 0 spiro atoms. The molecule has 0 aromatic heterocycles. The number of rotatable bonds is 4. The van der Waals surface area contributed by atoms with Gasteiger partial charge < -0.3 is 9.84 Å². The molecule has 3 nitrogen and oxygen atoms in total. The summed E-state index contributed by atoms with van der Waals surface area (Å²) in [5, 5.41) is 8.27. The van der Waals surface area contributed by atoms with Crippen molar-refractivity contribution in [2.45, 2.75) is 6.42 Å². The molecule has 0 aliphatic carbocycles. The fourth-order valence-electron chi connectivity index (χ4n) is 0.836. The summed E-state index contributed by atoms with van der Waals surface area (Å²) < 4.78 is 30.2. The van der Waals surface area contributed by atoms with Crippen molar-refractivity contribution >= 4 is 5.97 Å². The zero-order chi connectivity index (χ0) is 10.6. The third-order valence-electron chi connectivity index (χ3n) is 1.47. The highest BCUT2D eigenvalue weighted by Crippen LogP contribution is 2.17. The maximum absolute atomic E-state index is 12.9. The van der Waals surface area contributed by atoms with Crippen molar-refractivity contribution in [2.24, 2.45) is 0 Å². The molecule has 0 bridgehead atoms. The molecule has 0 fully saturated rings. The van der Waals surface area contributed by atoms with Crippen molar-refractivity contribution in [1.29, 1.82) is 0 Å². The minimum Gasteiger partial charge on any atom is -0.490 e. The summed E-state index contributed by atoms with van der Waals surface area (Å²) in [5.41, 5.74) is 0. The van der Waals surface area contributed by atoms with E-state index in [-0.39, 0.29) is 18.8 Å². The fraction of sp³-hybridized carbons (Fsp3) is 0.222. The van der Waals surface area contributed by atoms with E-state index in [1.165, 1.54) is 0 Å². The van der Waals surface area contributed by atoms with Gasteiger partial charge in [-0.2, -0.15) is 0 Å². The summed E-state index contributed by atoms with van der Waals surface area (Å²) in [6.07, 6.45) is -0.254. The Kier molecular flexibility index (Phi) is 3.39. The minimum absolute atomic E-state index is 0.185. The molecule has 1 rings (SSSR count). The number of halogens is 2. The van der Waals surface area contributed by atoms with Gasteiger partial charge in [-0.05, 0) is 12.1 Å². The Bertz CT molecular complexity index is 339. The van der Waals surface area contributed by atoms with Gasteiger partial charge in [0.15, 0.2) is 11.6 Å². The molecular weight excluding hydrogens is 194 g/mol. The molecule has 0 heterocycles. The number of carboxylic acid groups (broad SMARTS) is 1. The Morgan fingerprint density at radius 3 is 2.79 bits per heavy atom. The number of benzene rings is 1. The summed E-state index contributed by atoms with van der Waals surface area (Å²) in [4.78, 5) is 10.1. The molecule has 0 aliphatic heterocycles. The van der Waals surface area contributed by atoms with Crippen LogP contribution in [0.1, 0.15) is 6.42 Å². The van der Waals surface area contributed by atoms with Crippen LogP contribution in [0.3, 0.4) is 0 Å². The molecule has 0 saturated heterocycles. The Morgan fingerprint density at radius 1 is 1.43 bits per heavy atom. The first-order chi connectivity index (χ1) is 6.59. The van der Waals surface area contributed by atoms with Crippen molar-refractivity contribution in [2.75, 3.05) is 6.61 Å². The van der Waals surface area contributed by atoms with E-state index in [0.29, 0.717) is 0 Å². The second-order valence-corrected chi connectivity index (χ2v) is 2.57. The van der Waals surface area contributed by atoms with Gasteiger partial charge in [-0.25, -0.2) is 8.78 Å². The molecule has 1 aromatic carbocycles. The molecule has 76 valence electrons. The first-order valence-electron chi connectivity index (χ1n) is 3.89. The van der Waals surface area contributed by atoms with Gasteiger partial charge in [0.25, 0.3) is 0 Å². The topological polar surface area (TPSA) is 46.5 Å². The largest absolute Gasteiger partial charge is 0.490 e. The zero-order valence-electron chi connectivity index (χ0n) is 7.17. The second-order valence-electron chi connectivity index (χ2n) is 2.57. The normalized spacial score (nSPS) is 9.86. The van der Waals surface area contributed by atoms with Crippen molar-refractivity contribution < 1.29 is 23.4 Å². The molecule has 1 N–H and O–H groups in total. The van der Waals surface area contributed by atoms with E-state index in [1.54, 1.807) is 0 Å². The maximum Gasteiger partial charge on any atom is 0.306 e. The van der Waals surface area contributed by atoms with Crippen LogP contribution in [0.5, 0.6) is 5.75 Å². The standard InChI is InChI=1S/C9H8F2O3/c10-6-1-2-7(11)8(5-6)14-4-3-9(12)13/h1-2,5H,3-4H2,(H,12,13). The van der Waals surface area contributed by atoms with Gasteiger partial charge in [0, 0.05) is 6.07 Å². The van der Waals surface area contributed by atoms with Crippen LogP contribution in [0.25, 0.3) is 0 Å². The van der Waals surface area contributed by atoms with Gasteiger partial charge in [0.1, 0.15) is 5.82 Å².